The molecule has 1 rings (SSSR count). The molecule has 0 radical (unpaired) electrons. The van der Waals surface area contributed by atoms with Gasteiger partial charge in [0.25, 0.3) is 0 Å². The van der Waals surface area contributed by atoms with E-state index in [9.17, 15) is 4.79 Å². The summed E-state index contributed by atoms with van der Waals surface area (Å²) in [5, 5.41) is 6.46. The number of hydrogen-bond acceptors (Lipinski definition) is 3. The Hall–Kier alpha value is -1.52. The zero-order valence-electron chi connectivity index (χ0n) is 7.94. The second-order valence-electron chi connectivity index (χ2n) is 2.92. The van der Waals surface area contributed by atoms with Gasteiger partial charge in [-0.15, -0.1) is 0 Å². The molecule has 0 saturated carbocycles. The molecule has 0 aliphatic rings. The lowest BCUT2D eigenvalue weighted by Gasteiger charge is -2.08. The van der Waals surface area contributed by atoms with Crippen LogP contribution in [0.4, 0.5) is 10.6 Å². The van der Waals surface area contributed by atoms with E-state index in [2.05, 4.69) is 10.4 Å². The van der Waals surface area contributed by atoms with E-state index in [1.807, 2.05) is 0 Å². The third-order valence-corrected chi connectivity index (χ3v) is 1.39. The molecule has 5 heteroatoms. The van der Waals surface area contributed by atoms with Crippen molar-refractivity contribution >= 4 is 11.9 Å². The summed E-state index contributed by atoms with van der Waals surface area (Å²) in [6.45, 7) is 3.59. The van der Waals surface area contributed by atoms with Gasteiger partial charge < -0.3 is 4.74 Å². The van der Waals surface area contributed by atoms with Gasteiger partial charge in [-0.2, -0.15) is 5.10 Å². The van der Waals surface area contributed by atoms with Crippen molar-refractivity contribution in [2.24, 2.45) is 7.05 Å². The lowest BCUT2D eigenvalue weighted by molar-refractivity contribution is 0.129. The highest BCUT2D eigenvalue weighted by Crippen LogP contribution is 2.04. The largest absolute Gasteiger partial charge is 0.447 e. The summed E-state index contributed by atoms with van der Waals surface area (Å²) in [5.74, 6) is 0.616. The number of nitrogens with zero attached hydrogens (tertiary/aromatic N) is 2. The number of amides is 1. The summed E-state index contributed by atoms with van der Waals surface area (Å²) in [4.78, 5) is 11.1. The van der Waals surface area contributed by atoms with Crippen molar-refractivity contribution in [1.29, 1.82) is 0 Å². The van der Waals surface area contributed by atoms with Gasteiger partial charge >= 0.3 is 6.09 Å². The molecule has 0 atom stereocenters. The lowest BCUT2D eigenvalue weighted by atomic mass is 10.5. The summed E-state index contributed by atoms with van der Waals surface area (Å²) in [6.07, 6.45) is 1.03. The van der Waals surface area contributed by atoms with Crippen LogP contribution < -0.4 is 5.32 Å². The molecule has 13 heavy (non-hydrogen) atoms. The van der Waals surface area contributed by atoms with Crippen LogP contribution in [0.1, 0.15) is 13.8 Å². The first-order valence-corrected chi connectivity index (χ1v) is 4.05. The Kier molecular flexibility index (Phi) is 2.89. The minimum Gasteiger partial charge on any atom is -0.447 e. The number of aryl methyl sites for hydroxylation is 1. The Morgan fingerprint density at radius 2 is 2.38 bits per heavy atom. The molecule has 1 heterocycles. The molecule has 0 saturated heterocycles. The Morgan fingerprint density at radius 3 is 2.85 bits per heavy atom. The minimum absolute atomic E-state index is 0.117. The average Bonchev–Trinajstić information content (AvgIpc) is 2.34. The Balaban J connectivity index is 2.50. The van der Waals surface area contributed by atoms with Gasteiger partial charge in [-0.25, -0.2) is 4.79 Å². The summed E-state index contributed by atoms with van der Waals surface area (Å²) in [5.41, 5.74) is 0. The van der Waals surface area contributed by atoms with Crippen molar-refractivity contribution in [1.82, 2.24) is 9.78 Å². The van der Waals surface area contributed by atoms with Crippen molar-refractivity contribution in [3.63, 3.8) is 0 Å². The van der Waals surface area contributed by atoms with Crippen molar-refractivity contribution in [2.75, 3.05) is 5.32 Å². The fourth-order valence-electron chi connectivity index (χ4n) is 0.845. The van der Waals surface area contributed by atoms with Crippen molar-refractivity contribution in [3.05, 3.63) is 12.3 Å². The van der Waals surface area contributed by atoms with Crippen molar-refractivity contribution in [2.45, 2.75) is 20.0 Å². The van der Waals surface area contributed by atoms with Crippen LogP contribution in [0.15, 0.2) is 12.3 Å². The third-order valence-electron chi connectivity index (χ3n) is 1.39. The maximum Gasteiger partial charge on any atom is 0.413 e. The standard InChI is InChI=1S/C8H13N3O2/c1-6(2)13-8(12)10-7-4-5-9-11(7)3/h4-6H,1-3H3,(H,10,12). The molecule has 0 bridgehead atoms. The Bertz CT molecular complexity index is 293. The molecule has 1 aromatic rings. The highest BCUT2D eigenvalue weighted by Gasteiger charge is 2.06. The molecule has 5 nitrogen and oxygen atoms in total. The van der Waals surface area contributed by atoms with Crippen molar-refractivity contribution < 1.29 is 9.53 Å². The molecule has 1 N–H and O–H groups in total. The second-order valence-corrected chi connectivity index (χ2v) is 2.92. The van der Waals surface area contributed by atoms with Gasteiger partial charge in [-0.05, 0) is 13.8 Å². The minimum atomic E-state index is -0.460. The van der Waals surface area contributed by atoms with Gasteiger partial charge in [0.05, 0.1) is 12.3 Å². The first-order valence-electron chi connectivity index (χ1n) is 4.05. The SMILES string of the molecule is CC(C)OC(=O)Nc1ccnn1C. The highest BCUT2D eigenvalue weighted by atomic mass is 16.6. The van der Waals surface area contributed by atoms with Gasteiger partial charge in [0.1, 0.15) is 5.82 Å². The predicted molar refractivity (Wildman–Crippen MR) is 48.4 cm³/mol. The van der Waals surface area contributed by atoms with Gasteiger partial charge in [0.15, 0.2) is 0 Å². The number of rotatable bonds is 2. The number of aromatic nitrogens is 2. The number of nitrogens with one attached hydrogen (secondary N) is 1. The van der Waals surface area contributed by atoms with Crippen LogP contribution in [0, 0.1) is 0 Å². The monoisotopic (exact) mass is 183 g/mol. The van der Waals surface area contributed by atoms with E-state index >= 15 is 0 Å². The first kappa shape index (κ1) is 9.57. The maximum atomic E-state index is 11.1. The predicted octanol–water partition coefficient (Wildman–Crippen LogP) is 1.38. The van der Waals surface area contributed by atoms with Gasteiger partial charge in [-0.1, -0.05) is 0 Å². The van der Waals surface area contributed by atoms with Crippen LogP contribution in [-0.4, -0.2) is 22.0 Å². The molecule has 1 aromatic heterocycles. The molecule has 0 aromatic carbocycles. The molecular formula is C8H13N3O2. The van der Waals surface area contributed by atoms with Crippen LogP contribution in [0.5, 0.6) is 0 Å². The Morgan fingerprint density at radius 1 is 1.69 bits per heavy atom. The molecule has 1 amide bonds. The van der Waals surface area contributed by atoms with E-state index in [0.717, 1.165) is 0 Å². The van der Waals surface area contributed by atoms with Gasteiger partial charge in [0, 0.05) is 13.1 Å². The van der Waals surface area contributed by atoms with E-state index in [4.69, 9.17) is 4.74 Å². The smallest absolute Gasteiger partial charge is 0.413 e. The van der Waals surface area contributed by atoms with Gasteiger partial charge in [0.2, 0.25) is 0 Å². The van der Waals surface area contributed by atoms with E-state index < -0.39 is 6.09 Å². The third kappa shape index (κ3) is 2.77. The number of ether oxygens (including phenoxy) is 1. The van der Waals surface area contributed by atoms with Crippen LogP contribution >= 0.6 is 0 Å². The summed E-state index contributed by atoms with van der Waals surface area (Å²) >= 11 is 0. The van der Waals surface area contributed by atoms with E-state index in [-0.39, 0.29) is 6.10 Å². The molecule has 72 valence electrons. The average molecular weight is 183 g/mol. The first-order chi connectivity index (χ1) is 6.09. The molecule has 0 spiro atoms. The molecule has 0 unspecified atom stereocenters. The number of carbonyl (C=O) groups is 1. The molecule has 0 aliphatic carbocycles. The maximum absolute atomic E-state index is 11.1. The molecule has 0 fully saturated rings. The molecule has 0 aliphatic heterocycles. The van der Waals surface area contributed by atoms with E-state index in [0.29, 0.717) is 5.82 Å². The van der Waals surface area contributed by atoms with E-state index in [1.165, 1.54) is 0 Å². The zero-order valence-corrected chi connectivity index (χ0v) is 7.94. The normalized spacial score (nSPS) is 10.2. The Labute approximate surface area is 76.7 Å². The topological polar surface area (TPSA) is 56.1 Å². The second kappa shape index (κ2) is 3.93. The van der Waals surface area contributed by atoms with E-state index in [1.54, 1.807) is 37.8 Å². The fraction of sp³-hybridized carbons (Fsp3) is 0.500. The van der Waals surface area contributed by atoms with Crippen LogP contribution in [0.3, 0.4) is 0 Å². The number of anilines is 1. The highest BCUT2D eigenvalue weighted by molar-refractivity contribution is 5.83. The van der Waals surface area contributed by atoms with Crippen LogP contribution in [0.25, 0.3) is 0 Å². The lowest BCUT2D eigenvalue weighted by Crippen LogP contribution is -2.19. The van der Waals surface area contributed by atoms with Crippen LogP contribution in [0.2, 0.25) is 0 Å². The number of carbonyl (C=O) groups excluding carboxylic acids is 1. The zero-order chi connectivity index (χ0) is 9.84. The van der Waals surface area contributed by atoms with Gasteiger partial charge in [-0.3, -0.25) is 10.00 Å². The van der Waals surface area contributed by atoms with Crippen LogP contribution in [-0.2, 0) is 11.8 Å². The quantitative estimate of drug-likeness (QED) is 0.753. The van der Waals surface area contributed by atoms with Crippen molar-refractivity contribution in [3.8, 4) is 0 Å². The summed E-state index contributed by atoms with van der Waals surface area (Å²) < 4.78 is 6.44. The molecular weight excluding hydrogens is 170 g/mol. The summed E-state index contributed by atoms with van der Waals surface area (Å²) in [6, 6.07) is 1.70. The number of hydrogen-bond donors (Lipinski definition) is 1. The fourth-order valence-corrected chi connectivity index (χ4v) is 0.845. The summed E-state index contributed by atoms with van der Waals surface area (Å²) in [7, 11) is 1.74.